The van der Waals surface area contributed by atoms with E-state index in [0.29, 0.717) is 12.5 Å². The number of nitrogens with one attached hydrogen (secondary N) is 2. The summed E-state index contributed by atoms with van der Waals surface area (Å²) in [6, 6.07) is 8.07. The topological polar surface area (TPSA) is 50.4 Å². The van der Waals surface area contributed by atoms with Gasteiger partial charge in [0.25, 0.3) is 0 Å². The third kappa shape index (κ3) is 5.24. The molecule has 4 nitrogen and oxygen atoms in total. The summed E-state index contributed by atoms with van der Waals surface area (Å²) in [6.45, 7) is 8.86. The third-order valence-electron chi connectivity index (χ3n) is 4.33. The van der Waals surface area contributed by atoms with Gasteiger partial charge in [-0.05, 0) is 51.3 Å². The van der Waals surface area contributed by atoms with E-state index in [9.17, 15) is 4.79 Å². The largest absolute Gasteiger partial charge is 0.494 e. The highest BCUT2D eigenvalue weighted by molar-refractivity contribution is 5.79. The van der Waals surface area contributed by atoms with Crippen LogP contribution in [0.15, 0.2) is 24.3 Å². The predicted octanol–water partition coefficient (Wildman–Crippen LogP) is 3.29. The monoisotopic (exact) mass is 318 g/mol. The smallest absolute Gasteiger partial charge is 0.223 e. The summed E-state index contributed by atoms with van der Waals surface area (Å²) in [5, 5.41) is 6.60. The molecule has 1 amide bonds. The Kier molecular flexibility index (Phi) is 6.90. The molecular formula is C19H30N2O2. The maximum atomic E-state index is 12.7. The molecule has 2 rings (SSSR count). The van der Waals surface area contributed by atoms with Gasteiger partial charge in [-0.25, -0.2) is 0 Å². The van der Waals surface area contributed by atoms with Crippen molar-refractivity contribution in [1.82, 2.24) is 10.6 Å². The van der Waals surface area contributed by atoms with E-state index in [4.69, 9.17) is 4.74 Å². The zero-order valence-corrected chi connectivity index (χ0v) is 14.6. The molecule has 0 saturated carbocycles. The molecule has 4 heteroatoms. The standard InChI is InChI=1S/C19H30N2O2/c1-4-23-18-8-6-5-7-16(18)17(13-14(2)3)21-19(22)15-9-11-20-12-10-15/h5-8,14-15,17,20H,4,9-13H2,1-3H3,(H,21,22). The Bertz CT molecular complexity index is 496. The molecule has 1 fully saturated rings. The number of ether oxygens (including phenoxy) is 1. The number of piperidine rings is 1. The first-order valence-electron chi connectivity index (χ1n) is 8.84. The van der Waals surface area contributed by atoms with E-state index in [1.165, 1.54) is 0 Å². The van der Waals surface area contributed by atoms with Crippen molar-refractivity contribution in [2.75, 3.05) is 19.7 Å². The van der Waals surface area contributed by atoms with Crippen LogP contribution < -0.4 is 15.4 Å². The van der Waals surface area contributed by atoms with Gasteiger partial charge >= 0.3 is 0 Å². The van der Waals surface area contributed by atoms with Crippen LogP contribution in [0.1, 0.15) is 51.6 Å². The van der Waals surface area contributed by atoms with E-state index >= 15 is 0 Å². The molecule has 0 radical (unpaired) electrons. The van der Waals surface area contributed by atoms with Gasteiger partial charge in [0.2, 0.25) is 5.91 Å². The second-order valence-electron chi connectivity index (χ2n) is 6.69. The van der Waals surface area contributed by atoms with Crippen molar-refractivity contribution in [3.8, 4) is 5.75 Å². The molecule has 0 aromatic heterocycles. The number of benzene rings is 1. The van der Waals surface area contributed by atoms with E-state index in [1.807, 2.05) is 25.1 Å². The molecule has 1 aromatic rings. The van der Waals surface area contributed by atoms with Crippen molar-refractivity contribution in [1.29, 1.82) is 0 Å². The number of hydrogen-bond donors (Lipinski definition) is 2. The molecule has 1 aromatic carbocycles. The van der Waals surface area contributed by atoms with Gasteiger partial charge in [0.05, 0.1) is 12.6 Å². The molecule has 1 aliphatic rings. The minimum Gasteiger partial charge on any atom is -0.494 e. The van der Waals surface area contributed by atoms with Gasteiger partial charge in [-0.2, -0.15) is 0 Å². The maximum Gasteiger partial charge on any atom is 0.223 e. The number of amides is 1. The molecule has 1 saturated heterocycles. The quantitative estimate of drug-likeness (QED) is 0.811. The van der Waals surface area contributed by atoms with Crippen molar-refractivity contribution in [3.63, 3.8) is 0 Å². The number of para-hydroxylation sites is 1. The first kappa shape index (κ1) is 17.8. The van der Waals surface area contributed by atoms with E-state index in [-0.39, 0.29) is 17.9 Å². The van der Waals surface area contributed by atoms with E-state index in [1.54, 1.807) is 0 Å². The Morgan fingerprint density at radius 3 is 2.65 bits per heavy atom. The van der Waals surface area contributed by atoms with Crippen LogP contribution in [0.3, 0.4) is 0 Å². The lowest BCUT2D eigenvalue weighted by Crippen LogP contribution is -2.40. The van der Waals surface area contributed by atoms with Crippen molar-refractivity contribution >= 4 is 5.91 Å². The summed E-state index contributed by atoms with van der Waals surface area (Å²) in [5.74, 6) is 1.70. The Labute approximate surface area is 140 Å². The van der Waals surface area contributed by atoms with Gasteiger partial charge in [-0.15, -0.1) is 0 Å². The zero-order valence-electron chi connectivity index (χ0n) is 14.6. The summed E-state index contributed by atoms with van der Waals surface area (Å²) in [5.41, 5.74) is 1.09. The number of carbonyl (C=O) groups excluding carboxylic acids is 1. The Morgan fingerprint density at radius 2 is 2.00 bits per heavy atom. The van der Waals surface area contributed by atoms with Crippen LogP contribution in [0, 0.1) is 11.8 Å². The second kappa shape index (κ2) is 8.92. The van der Waals surface area contributed by atoms with Crippen LogP contribution in [-0.4, -0.2) is 25.6 Å². The normalized spacial score (nSPS) is 17.0. The molecule has 0 spiro atoms. The predicted molar refractivity (Wildman–Crippen MR) is 93.5 cm³/mol. The summed E-state index contributed by atoms with van der Waals surface area (Å²) >= 11 is 0. The summed E-state index contributed by atoms with van der Waals surface area (Å²) < 4.78 is 5.77. The van der Waals surface area contributed by atoms with E-state index in [0.717, 1.165) is 43.7 Å². The van der Waals surface area contributed by atoms with Gasteiger partial charge in [-0.1, -0.05) is 32.0 Å². The second-order valence-corrected chi connectivity index (χ2v) is 6.69. The van der Waals surface area contributed by atoms with Crippen LogP contribution in [-0.2, 0) is 4.79 Å². The van der Waals surface area contributed by atoms with E-state index in [2.05, 4.69) is 30.5 Å². The maximum absolute atomic E-state index is 12.7. The van der Waals surface area contributed by atoms with Crippen LogP contribution >= 0.6 is 0 Å². The fourth-order valence-corrected chi connectivity index (χ4v) is 3.16. The van der Waals surface area contributed by atoms with Crippen LogP contribution in [0.25, 0.3) is 0 Å². The van der Waals surface area contributed by atoms with Crippen molar-refractivity contribution < 1.29 is 9.53 Å². The lowest BCUT2D eigenvalue weighted by molar-refractivity contribution is -0.126. The Morgan fingerprint density at radius 1 is 1.30 bits per heavy atom. The minimum absolute atomic E-state index is 0.0140. The molecule has 2 N–H and O–H groups in total. The first-order valence-corrected chi connectivity index (χ1v) is 8.84. The fourth-order valence-electron chi connectivity index (χ4n) is 3.16. The van der Waals surface area contributed by atoms with Crippen LogP contribution in [0.5, 0.6) is 5.75 Å². The lowest BCUT2D eigenvalue weighted by Gasteiger charge is -2.27. The van der Waals surface area contributed by atoms with E-state index < -0.39 is 0 Å². The molecule has 23 heavy (non-hydrogen) atoms. The van der Waals surface area contributed by atoms with Gasteiger partial charge in [0.1, 0.15) is 5.75 Å². The average molecular weight is 318 g/mol. The Balaban J connectivity index is 2.14. The molecule has 1 unspecified atom stereocenters. The van der Waals surface area contributed by atoms with Crippen LogP contribution in [0.2, 0.25) is 0 Å². The lowest BCUT2D eigenvalue weighted by atomic mass is 9.93. The number of rotatable bonds is 7. The highest BCUT2D eigenvalue weighted by Crippen LogP contribution is 2.30. The van der Waals surface area contributed by atoms with Gasteiger partial charge < -0.3 is 15.4 Å². The zero-order chi connectivity index (χ0) is 16.7. The third-order valence-corrected chi connectivity index (χ3v) is 4.33. The van der Waals surface area contributed by atoms with Crippen molar-refractivity contribution in [3.05, 3.63) is 29.8 Å². The highest BCUT2D eigenvalue weighted by Gasteiger charge is 2.25. The molecule has 1 heterocycles. The van der Waals surface area contributed by atoms with Crippen molar-refractivity contribution in [2.45, 2.75) is 46.1 Å². The summed E-state index contributed by atoms with van der Waals surface area (Å²) in [4.78, 5) is 12.7. The highest BCUT2D eigenvalue weighted by atomic mass is 16.5. The van der Waals surface area contributed by atoms with Gasteiger partial charge in [0, 0.05) is 11.5 Å². The minimum atomic E-state index is 0.0140. The Hall–Kier alpha value is -1.55. The number of hydrogen-bond acceptors (Lipinski definition) is 3. The molecule has 1 atom stereocenters. The van der Waals surface area contributed by atoms with Crippen molar-refractivity contribution in [2.24, 2.45) is 11.8 Å². The number of carbonyl (C=O) groups is 1. The summed E-state index contributed by atoms with van der Waals surface area (Å²) in [7, 11) is 0. The average Bonchev–Trinajstić information content (AvgIpc) is 2.55. The molecule has 0 bridgehead atoms. The first-order chi connectivity index (χ1) is 11.1. The van der Waals surface area contributed by atoms with Gasteiger partial charge in [0.15, 0.2) is 0 Å². The molecule has 0 aliphatic carbocycles. The molecular weight excluding hydrogens is 288 g/mol. The summed E-state index contributed by atoms with van der Waals surface area (Å²) in [6.07, 6.45) is 2.77. The van der Waals surface area contributed by atoms with Gasteiger partial charge in [-0.3, -0.25) is 4.79 Å². The fraction of sp³-hybridized carbons (Fsp3) is 0.632. The molecule has 128 valence electrons. The SMILES string of the molecule is CCOc1ccccc1C(CC(C)C)NC(=O)C1CCNCC1. The molecule has 1 aliphatic heterocycles. The van der Waals surface area contributed by atoms with Crippen LogP contribution in [0.4, 0.5) is 0 Å².